The van der Waals surface area contributed by atoms with Gasteiger partial charge in [-0.25, -0.2) is 4.98 Å². The Morgan fingerprint density at radius 3 is 2.78 bits per heavy atom. The number of nitrogens with zero attached hydrogens (tertiary/aromatic N) is 2. The molecule has 0 radical (unpaired) electrons. The van der Waals surface area contributed by atoms with E-state index in [0.717, 1.165) is 18.5 Å². The smallest absolute Gasteiger partial charge is 0.224 e. The molecule has 1 saturated carbocycles. The number of aliphatic hydroxyl groups excluding tert-OH is 1. The molecule has 1 aromatic carbocycles. The Kier molecular flexibility index (Phi) is 5.20. The lowest BCUT2D eigenvalue weighted by Crippen LogP contribution is -2.09. The van der Waals surface area contributed by atoms with E-state index in [9.17, 15) is 0 Å². The van der Waals surface area contributed by atoms with Crippen LogP contribution in [0.25, 0.3) is 0 Å². The molecule has 5 nitrogen and oxygen atoms in total. The van der Waals surface area contributed by atoms with Crippen molar-refractivity contribution in [2.24, 2.45) is 0 Å². The van der Waals surface area contributed by atoms with Gasteiger partial charge in [-0.15, -0.1) is 0 Å². The van der Waals surface area contributed by atoms with Crippen molar-refractivity contribution < 1.29 is 5.11 Å². The average molecular weight is 353 g/mol. The number of hydrogen-bond donors (Lipinski definition) is 3. The van der Waals surface area contributed by atoms with Gasteiger partial charge in [0.05, 0.1) is 21.4 Å². The van der Waals surface area contributed by atoms with Crippen LogP contribution in [0.5, 0.6) is 0 Å². The highest BCUT2D eigenvalue weighted by Crippen LogP contribution is 2.40. The molecule has 0 saturated heterocycles. The summed E-state index contributed by atoms with van der Waals surface area (Å²) in [5.41, 5.74) is 1.73. The first-order valence-corrected chi connectivity index (χ1v) is 8.37. The molecule has 0 amide bonds. The molecule has 0 bridgehead atoms. The van der Waals surface area contributed by atoms with Crippen LogP contribution in [-0.2, 0) is 0 Å². The van der Waals surface area contributed by atoms with E-state index in [1.54, 1.807) is 6.07 Å². The summed E-state index contributed by atoms with van der Waals surface area (Å²) in [6, 6.07) is 7.38. The molecular weight excluding hydrogens is 335 g/mol. The molecule has 1 aromatic heterocycles. The lowest BCUT2D eigenvalue weighted by Gasteiger charge is -2.12. The molecule has 23 heavy (non-hydrogen) atoms. The van der Waals surface area contributed by atoms with E-state index < -0.39 is 0 Å². The molecule has 1 aliphatic carbocycles. The molecule has 0 spiro atoms. The Labute approximate surface area is 145 Å². The molecule has 2 aromatic rings. The van der Waals surface area contributed by atoms with Gasteiger partial charge in [0.2, 0.25) is 5.95 Å². The van der Waals surface area contributed by atoms with Crippen molar-refractivity contribution in [1.29, 1.82) is 0 Å². The van der Waals surface area contributed by atoms with Crippen molar-refractivity contribution in [3.8, 4) is 0 Å². The van der Waals surface area contributed by atoms with Crippen LogP contribution in [0.15, 0.2) is 24.3 Å². The van der Waals surface area contributed by atoms with Crippen LogP contribution in [0.3, 0.4) is 0 Å². The molecule has 122 valence electrons. The van der Waals surface area contributed by atoms with Gasteiger partial charge in [0, 0.05) is 25.1 Å². The fourth-order valence-electron chi connectivity index (χ4n) is 2.21. The molecule has 1 heterocycles. The second-order valence-electron chi connectivity index (χ2n) is 5.51. The molecule has 1 fully saturated rings. The Hall–Kier alpha value is -1.56. The zero-order valence-electron chi connectivity index (χ0n) is 12.5. The highest BCUT2D eigenvalue weighted by atomic mass is 35.5. The zero-order valence-corrected chi connectivity index (χ0v) is 14.0. The van der Waals surface area contributed by atoms with Crippen LogP contribution in [0.2, 0.25) is 10.0 Å². The minimum absolute atomic E-state index is 0.137. The normalized spacial score (nSPS) is 13.9. The third kappa shape index (κ3) is 4.25. The van der Waals surface area contributed by atoms with Crippen LogP contribution < -0.4 is 10.6 Å². The summed E-state index contributed by atoms with van der Waals surface area (Å²) in [6.45, 7) is 0.764. The second kappa shape index (κ2) is 7.34. The highest BCUT2D eigenvalue weighted by Gasteiger charge is 2.26. The average Bonchev–Trinajstić information content (AvgIpc) is 3.37. The summed E-state index contributed by atoms with van der Waals surface area (Å²) in [7, 11) is 0. The number of benzene rings is 1. The van der Waals surface area contributed by atoms with E-state index in [4.69, 9.17) is 28.3 Å². The third-order valence-corrected chi connectivity index (χ3v) is 4.39. The predicted octanol–water partition coefficient (Wildman–Crippen LogP) is 4.20. The molecular formula is C16H18Cl2N4O. The van der Waals surface area contributed by atoms with Crippen LogP contribution in [0, 0.1) is 0 Å². The van der Waals surface area contributed by atoms with Gasteiger partial charge in [0.15, 0.2) is 0 Å². The van der Waals surface area contributed by atoms with Crippen LogP contribution in [0.1, 0.15) is 30.9 Å². The van der Waals surface area contributed by atoms with Crippen LogP contribution in [0.4, 0.5) is 17.5 Å². The summed E-state index contributed by atoms with van der Waals surface area (Å²) >= 11 is 12.3. The fourth-order valence-corrected chi connectivity index (χ4v) is 2.56. The number of hydrogen-bond acceptors (Lipinski definition) is 5. The van der Waals surface area contributed by atoms with Crippen LogP contribution in [-0.4, -0.2) is 28.2 Å². The van der Waals surface area contributed by atoms with Gasteiger partial charge < -0.3 is 15.7 Å². The standard InChI is InChI=1S/C16H18Cl2N4O/c17-11-3-1-4-12(15(11)18)20-14-9-13(10-5-6-10)21-16(22-14)19-7-2-8-23/h1,3-4,9-10,23H,2,5-8H2,(H2,19,20,21,22). The van der Waals surface area contributed by atoms with Crippen molar-refractivity contribution in [1.82, 2.24) is 9.97 Å². The van der Waals surface area contributed by atoms with Gasteiger partial charge >= 0.3 is 0 Å². The lowest BCUT2D eigenvalue weighted by molar-refractivity contribution is 0.292. The van der Waals surface area contributed by atoms with Crippen molar-refractivity contribution in [3.05, 3.63) is 40.0 Å². The minimum atomic E-state index is 0.137. The van der Waals surface area contributed by atoms with Crippen molar-refractivity contribution in [2.75, 3.05) is 23.8 Å². The maximum Gasteiger partial charge on any atom is 0.224 e. The highest BCUT2D eigenvalue weighted by molar-refractivity contribution is 6.43. The van der Waals surface area contributed by atoms with Gasteiger partial charge in [0.25, 0.3) is 0 Å². The van der Waals surface area contributed by atoms with E-state index in [2.05, 4.69) is 20.6 Å². The van der Waals surface area contributed by atoms with E-state index in [0.29, 0.717) is 46.4 Å². The number of anilines is 3. The fraction of sp³-hybridized carbons (Fsp3) is 0.375. The van der Waals surface area contributed by atoms with Gasteiger partial charge in [-0.3, -0.25) is 0 Å². The number of halogens is 2. The number of aromatic nitrogens is 2. The number of aliphatic hydroxyl groups is 1. The van der Waals surface area contributed by atoms with Crippen LogP contribution >= 0.6 is 23.2 Å². The van der Waals surface area contributed by atoms with Gasteiger partial charge in [-0.2, -0.15) is 4.98 Å². The Morgan fingerprint density at radius 1 is 1.22 bits per heavy atom. The van der Waals surface area contributed by atoms with Crippen molar-refractivity contribution in [2.45, 2.75) is 25.2 Å². The first-order valence-electron chi connectivity index (χ1n) is 7.62. The maximum atomic E-state index is 8.88. The van der Waals surface area contributed by atoms with Crippen molar-refractivity contribution >= 4 is 40.7 Å². The summed E-state index contributed by atoms with van der Waals surface area (Å²) in [4.78, 5) is 9.01. The second-order valence-corrected chi connectivity index (χ2v) is 6.29. The van der Waals surface area contributed by atoms with Gasteiger partial charge in [0.1, 0.15) is 5.82 Å². The number of rotatable bonds is 7. The molecule has 7 heteroatoms. The maximum absolute atomic E-state index is 8.88. The number of nitrogens with one attached hydrogen (secondary N) is 2. The summed E-state index contributed by atoms with van der Waals surface area (Å²) < 4.78 is 0. The van der Waals surface area contributed by atoms with E-state index in [-0.39, 0.29) is 6.61 Å². The van der Waals surface area contributed by atoms with E-state index in [1.807, 2.05) is 18.2 Å². The van der Waals surface area contributed by atoms with E-state index in [1.165, 1.54) is 0 Å². The van der Waals surface area contributed by atoms with Gasteiger partial charge in [-0.1, -0.05) is 29.3 Å². The molecule has 3 rings (SSSR count). The summed E-state index contributed by atoms with van der Waals surface area (Å²) in [6.07, 6.45) is 2.97. The summed E-state index contributed by atoms with van der Waals surface area (Å²) in [5, 5.41) is 16.2. The SMILES string of the molecule is OCCCNc1nc(Nc2cccc(Cl)c2Cl)cc(C2CC2)n1. The third-order valence-electron chi connectivity index (χ3n) is 3.57. The Balaban J connectivity index is 1.83. The first kappa shape index (κ1) is 16.3. The van der Waals surface area contributed by atoms with Crippen molar-refractivity contribution in [3.63, 3.8) is 0 Å². The molecule has 1 aliphatic rings. The molecule has 0 aliphatic heterocycles. The quantitative estimate of drug-likeness (QED) is 0.651. The Morgan fingerprint density at radius 2 is 2.04 bits per heavy atom. The van der Waals surface area contributed by atoms with Gasteiger partial charge in [-0.05, 0) is 31.4 Å². The Bertz CT molecular complexity index is 692. The molecule has 0 unspecified atom stereocenters. The topological polar surface area (TPSA) is 70.1 Å². The predicted molar refractivity (Wildman–Crippen MR) is 93.9 cm³/mol. The van der Waals surface area contributed by atoms with E-state index >= 15 is 0 Å². The molecule has 0 atom stereocenters. The largest absolute Gasteiger partial charge is 0.396 e. The zero-order chi connectivity index (χ0) is 16.2. The minimum Gasteiger partial charge on any atom is -0.396 e. The molecule has 3 N–H and O–H groups in total. The summed E-state index contributed by atoms with van der Waals surface area (Å²) in [5.74, 6) is 1.74. The lowest BCUT2D eigenvalue weighted by atomic mass is 10.2. The monoisotopic (exact) mass is 352 g/mol. The first-order chi connectivity index (χ1) is 11.2.